The molecule has 0 aromatic heterocycles. The Morgan fingerprint density at radius 1 is 1.04 bits per heavy atom. The standard InChI is InChI=1S/C19H21NO3/c1-19(2,3)13-8-4-5-9-14(13)20-18(21)17-12-22-15-10-6-7-11-16(15)23-17/h4-11,17H,12H2,1-3H3,(H,20,21)/t17-/m0/s1. The fourth-order valence-corrected chi connectivity index (χ4v) is 2.61. The molecule has 0 spiro atoms. The van der Waals surface area contributed by atoms with Gasteiger partial charge in [0, 0.05) is 5.69 Å². The van der Waals surface area contributed by atoms with Gasteiger partial charge in [-0.05, 0) is 29.2 Å². The SMILES string of the molecule is CC(C)(C)c1ccccc1NC(=O)[C@@H]1COc2ccccc2O1. The van der Waals surface area contributed by atoms with E-state index in [1.165, 1.54) is 0 Å². The zero-order valence-electron chi connectivity index (χ0n) is 13.6. The second kappa shape index (κ2) is 5.95. The number of hydrogen-bond donors (Lipinski definition) is 1. The van der Waals surface area contributed by atoms with E-state index >= 15 is 0 Å². The van der Waals surface area contributed by atoms with Crippen molar-refractivity contribution in [2.45, 2.75) is 32.3 Å². The lowest BCUT2D eigenvalue weighted by molar-refractivity contribution is -0.125. The highest BCUT2D eigenvalue weighted by molar-refractivity contribution is 5.95. The van der Waals surface area contributed by atoms with E-state index in [1.807, 2.05) is 42.5 Å². The number of para-hydroxylation sites is 3. The number of benzene rings is 2. The highest BCUT2D eigenvalue weighted by Crippen LogP contribution is 2.32. The molecular weight excluding hydrogens is 290 g/mol. The van der Waals surface area contributed by atoms with E-state index in [-0.39, 0.29) is 17.9 Å². The summed E-state index contributed by atoms with van der Waals surface area (Å²) in [6, 6.07) is 15.2. The van der Waals surface area contributed by atoms with Crippen molar-refractivity contribution in [3.05, 3.63) is 54.1 Å². The topological polar surface area (TPSA) is 47.6 Å². The minimum Gasteiger partial charge on any atom is -0.485 e. The summed E-state index contributed by atoms with van der Waals surface area (Å²) < 4.78 is 11.4. The van der Waals surface area contributed by atoms with E-state index in [9.17, 15) is 4.79 Å². The number of rotatable bonds is 2. The van der Waals surface area contributed by atoms with Gasteiger partial charge in [-0.25, -0.2) is 0 Å². The Morgan fingerprint density at radius 2 is 1.70 bits per heavy atom. The summed E-state index contributed by atoms with van der Waals surface area (Å²) in [5.74, 6) is 1.07. The second-order valence-electron chi connectivity index (χ2n) is 6.65. The van der Waals surface area contributed by atoms with Crippen molar-refractivity contribution in [1.82, 2.24) is 0 Å². The average Bonchev–Trinajstić information content (AvgIpc) is 2.54. The molecule has 4 heteroatoms. The molecule has 3 rings (SSSR count). The first-order valence-corrected chi connectivity index (χ1v) is 7.74. The van der Waals surface area contributed by atoms with Crippen molar-refractivity contribution in [3.8, 4) is 11.5 Å². The normalized spacial score (nSPS) is 16.7. The summed E-state index contributed by atoms with van der Waals surface area (Å²) in [4.78, 5) is 12.5. The quantitative estimate of drug-likeness (QED) is 0.918. The molecule has 0 radical (unpaired) electrons. The number of ether oxygens (including phenoxy) is 2. The summed E-state index contributed by atoms with van der Waals surface area (Å²) in [7, 11) is 0. The van der Waals surface area contributed by atoms with Crippen molar-refractivity contribution >= 4 is 11.6 Å². The average molecular weight is 311 g/mol. The van der Waals surface area contributed by atoms with Crippen LogP contribution in [0, 0.1) is 0 Å². The molecule has 0 fully saturated rings. The molecule has 2 aromatic rings. The molecule has 0 saturated carbocycles. The van der Waals surface area contributed by atoms with Crippen molar-refractivity contribution < 1.29 is 14.3 Å². The number of carbonyl (C=O) groups is 1. The molecule has 0 saturated heterocycles. The minimum absolute atomic E-state index is 0.0552. The van der Waals surface area contributed by atoms with Crippen LogP contribution in [-0.4, -0.2) is 18.6 Å². The van der Waals surface area contributed by atoms with Crippen LogP contribution in [0.5, 0.6) is 11.5 Å². The maximum atomic E-state index is 12.5. The van der Waals surface area contributed by atoms with Crippen LogP contribution in [0.1, 0.15) is 26.3 Å². The fourth-order valence-electron chi connectivity index (χ4n) is 2.61. The van der Waals surface area contributed by atoms with Gasteiger partial charge in [-0.2, -0.15) is 0 Å². The molecule has 1 N–H and O–H groups in total. The van der Waals surface area contributed by atoms with Gasteiger partial charge in [0.1, 0.15) is 6.61 Å². The summed E-state index contributed by atoms with van der Waals surface area (Å²) in [6.45, 7) is 6.57. The molecule has 0 bridgehead atoms. The van der Waals surface area contributed by atoms with Crippen LogP contribution in [-0.2, 0) is 10.2 Å². The first-order valence-electron chi connectivity index (χ1n) is 7.74. The highest BCUT2D eigenvalue weighted by atomic mass is 16.6. The first kappa shape index (κ1) is 15.4. The number of fused-ring (bicyclic) bond motifs is 1. The molecule has 23 heavy (non-hydrogen) atoms. The monoisotopic (exact) mass is 311 g/mol. The van der Waals surface area contributed by atoms with Crippen molar-refractivity contribution in [2.75, 3.05) is 11.9 Å². The van der Waals surface area contributed by atoms with Crippen LogP contribution in [0.25, 0.3) is 0 Å². The van der Waals surface area contributed by atoms with Gasteiger partial charge >= 0.3 is 0 Å². The van der Waals surface area contributed by atoms with E-state index in [4.69, 9.17) is 9.47 Å². The second-order valence-corrected chi connectivity index (χ2v) is 6.65. The first-order chi connectivity index (χ1) is 10.9. The molecule has 0 aliphatic carbocycles. The fraction of sp³-hybridized carbons (Fsp3) is 0.316. The molecule has 1 amide bonds. The lowest BCUT2D eigenvalue weighted by Crippen LogP contribution is -2.40. The van der Waals surface area contributed by atoms with Gasteiger partial charge < -0.3 is 14.8 Å². The molecule has 1 aliphatic heterocycles. The van der Waals surface area contributed by atoms with Crippen molar-refractivity contribution in [1.29, 1.82) is 0 Å². The molecule has 2 aromatic carbocycles. The van der Waals surface area contributed by atoms with Gasteiger partial charge in [-0.15, -0.1) is 0 Å². The Labute approximate surface area is 136 Å². The Balaban J connectivity index is 1.76. The third kappa shape index (κ3) is 3.31. The number of carbonyl (C=O) groups excluding carboxylic acids is 1. The Morgan fingerprint density at radius 3 is 2.43 bits per heavy atom. The van der Waals surface area contributed by atoms with Crippen LogP contribution < -0.4 is 14.8 Å². The zero-order chi connectivity index (χ0) is 16.4. The summed E-state index contributed by atoms with van der Waals surface area (Å²) in [5.41, 5.74) is 1.85. The predicted octanol–water partition coefficient (Wildman–Crippen LogP) is 3.76. The largest absolute Gasteiger partial charge is 0.485 e. The molecule has 120 valence electrons. The third-order valence-electron chi connectivity index (χ3n) is 3.79. The zero-order valence-corrected chi connectivity index (χ0v) is 13.6. The van der Waals surface area contributed by atoms with Gasteiger partial charge in [-0.3, -0.25) is 4.79 Å². The molecule has 0 unspecified atom stereocenters. The van der Waals surface area contributed by atoms with E-state index in [0.717, 1.165) is 11.3 Å². The highest BCUT2D eigenvalue weighted by Gasteiger charge is 2.28. The van der Waals surface area contributed by atoms with Gasteiger partial charge in [0.2, 0.25) is 6.10 Å². The van der Waals surface area contributed by atoms with Gasteiger partial charge in [0.05, 0.1) is 0 Å². The maximum absolute atomic E-state index is 12.5. The summed E-state index contributed by atoms with van der Waals surface area (Å²) in [5, 5.41) is 2.97. The third-order valence-corrected chi connectivity index (χ3v) is 3.79. The minimum atomic E-state index is -0.655. The summed E-state index contributed by atoms with van der Waals surface area (Å²) >= 11 is 0. The van der Waals surface area contributed by atoms with Crippen LogP contribution >= 0.6 is 0 Å². The lowest BCUT2D eigenvalue weighted by atomic mass is 9.86. The van der Waals surface area contributed by atoms with Crippen molar-refractivity contribution in [2.24, 2.45) is 0 Å². The van der Waals surface area contributed by atoms with E-state index in [0.29, 0.717) is 11.5 Å². The Bertz CT molecular complexity index is 719. The van der Waals surface area contributed by atoms with Crippen LogP contribution in [0.4, 0.5) is 5.69 Å². The molecular formula is C19H21NO3. The smallest absolute Gasteiger partial charge is 0.269 e. The van der Waals surface area contributed by atoms with Gasteiger partial charge in [0.25, 0.3) is 5.91 Å². The summed E-state index contributed by atoms with van der Waals surface area (Å²) in [6.07, 6.45) is -0.655. The van der Waals surface area contributed by atoms with Crippen LogP contribution in [0.2, 0.25) is 0 Å². The number of hydrogen-bond acceptors (Lipinski definition) is 3. The maximum Gasteiger partial charge on any atom is 0.269 e. The molecule has 1 heterocycles. The van der Waals surface area contributed by atoms with Gasteiger partial charge in [0.15, 0.2) is 11.5 Å². The van der Waals surface area contributed by atoms with Crippen LogP contribution in [0.3, 0.4) is 0 Å². The predicted molar refractivity (Wildman–Crippen MR) is 90.1 cm³/mol. The molecule has 1 aliphatic rings. The van der Waals surface area contributed by atoms with Crippen molar-refractivity contribution in [3.63, 3.8) is 0 Å². The van der Waals surface area contributed by atoms with E-state index in [1.54, 1.807) is 6.07 Å². The van der Waals surface area contributed by atoms with E-state index in [2.05, 4.69) is 26.1 Å². The number of nitrogens with one attached hydrogen (secondary N) is 1. The molecule has 4 nitrogen and oxygen atoms in total. The Kier molecular flexibility index (Phi) is 3.99. The van der Waals surface area contributed by atoms with Gasteiger partial charge in [-0.1, -0.05) is 51.1 Å². The lowest BCUT2D eigenvalue weighted by Gasteiger charge is -2.27. The molecule has 1 atom stereocenters. The van der Waals surface area contributed by atoms with Crippen LogP contribution in [0.15, 0.2) is 48.5 Å². The Hall–Kier alpha value is -2.49. The number of anilines is 1. The van der Waals surface area contributed by atoms with E-state index < -0.39 is 6.10 Å². The number of amides is 1.